The summed E-state index contributed by atoms with van der Waals surface area (Å²) in [5.41, 5.74) is 8.79. The van der Waals surface area contributed by atoms with Gasteiger partial charge in [0.15, 0.2) is 0 Å². The molecule has 1 aromatic rings. The lowest BCUT2D eigenvalue weighted by atomic mass is 10.1. The zero-order valence-electron chi connectivity index (χ0n) is 8.96. The van der Waals surface area contributed by atoms with Crippen molar-refractivity contribution < 1.29 is 9.47 Å². The van der Waals surface area contributed by atoms with Crippen LogP contribution in [0.5, 0.6) is 5.75 Å². The van der Waals surface area contributed by atoms with Crippen LogP contribution < -0.4 is 10.5 Å². The van der Waals surface area contributed by atoms with Gasteiger partial charge in [-0.05, 0) is 31.0 Å². The molecular formula is C11H17NO2. The van der Waals surface area contributed by atoms with Gasteiger partial charge >= 0.3 is 0 Å². The molecule has 3 heteroatoms. The minimum absolute atomic E-state index is 0.531. The quantitative estimate of drug-likeness (QED) is 0.589. The van der Waals surface area contributed by atoms with Crippen LogP contribution in [0.15, 0.2) is 12.1 Å². The maximum Gasteiger partial charge on any atom is 0.142 e. The van der Waals surface area contributed by atoms with Crippen molar-refractivity contribution >= 4 is 5.69 Å². The van der Waals surface area contributed by atoms with Crippen molar-refractivity contribution in [1.29, 1.82) is 0 Å². The second-order valence-corrected chi connectivity index (χ2v) is 3.33. The van der Waals surface area contributed by atoms with E-state index >= 15 is 0 Å². The zero-order chi connectivity index (χ0) is 10.6. The number of anilines is 1. The second-order valence-electron chi connectivity index (χ2n) is 3.33. The van der Waals surface area contributed by atoms with Crippen molar-refractivity contribution in [1.82, 2.24) is 0 Å². The lowest BCUT2D eigenvalue weighted by molar-refractivity contribution is 0.146. The van der Waals surface area contributed by atoms with Crippen molar-refractivity contribution in [2.24, 2.45) is 0 Å². The third-order valence-electron chi connectivity index (χ3n) is 2.04. The van der Waals surface area contributed by atoms with Crippen LogP contribution in [0.1, 0.15) is 11.1 Å². The number of benzene rings is 1. The predicted molar refractivity (Wildman–Crippen MR) is 57.7 cm³/mol. The molecule has 14 heavy (non-hydrogen) atoms. The summed E-state index contributed by atoms with van der Waals surface area (Å²) >= 11 is 0. The molecule has 0 amide bonds. The van der Waals surface area contributed by atoms with Crippen molar-refractivity contribution in [2.45, 2.75) is 13.8 Å². The number of methoxy groups -OCH3 is 1. The smallest absolute Gasteiger partial charge is 0.142 e. The third kappa shape index (κ3) is 2.64. The molecule has 0 bridgehead atoms. The number of nitrogens with two attached hydrogens (primary N) is 1. The number of aryl methyl sites for hydroxylation is 2. The number of rotatable bonds is 4. The zero-order valence-corrected chi connectivity index (χ0v) is 8.96. The molecule has 1 aromatic carbocycles. The van der Waals surface area contributed by atoms with Gasteiger partial charge < -0.3 is 15.2 Å². The number of nitrogen functional groups attached to an aromatic ring is 1. The molecule has 0 saturated carbocycles. The topological polar surface area (TPSA) is 44.5 Å². The fourth-order valence-electron chi connectivity index (χ4n) is 1.29. The van der Waals surface area contributed by atoms with Gasteiger partial charge in [0.1, 0.15) is 12.4 Å². The van der Waals surface area contributed by atoms with Gasteiger partial charge in [-0.15, -0.1) is 0 Å². The van der Waals surface area contributed by atoms with Crippen LogP contribution in [0.3, 0.4) is 0 Å². The first-order valence-electron chi connectivity index (χ1n) is 4.63. The molecule has 2 N–H and O–H groups in total. The van der Waals surface area contributed by atoms with E-state index in [1.165, 1.54) is 0 Å². The van der Waals surface area contributed by atoms with Crippen LogP contribution in [0.4, 0.5) is 5.69 Å². The molecule has 0 unspecified atom stereocenters. The summed E-state index contributed by atoms with van der Waals surface area (Å²) in [5, 5.41) is 0. The van der Waals surface area contributed by atoms with Crippen LogP contribution in [0.25, 0.3) is 0 Å². The first kappa shape index (κ1) is 10.9. The maximum absolute atomic E-state index is 5.87. The maximum atomic E-state index is 5.87. The Balaban J connectivity index is 2.75. The Labute approximate surface area is 84.8 Å². The molecule has 3 nitrogen and oxygen atoms in total. The Morgan fingerprint density at radius 1 is 1.21 bits per heavy atom. The van der Waals surface area contributed by atoms with Gasteiger partial charge in [-0.3, -0.25) is 0 Å². The van der Waals surface area contributed by atoms with Crippen LogP contribution in [0.2, 0.25) is 0 Å². The van der Waals surface area contributed by atoms with Crippen LogP contribution in [0, 0.1) is 13.8 Å². The molecule has 0 aliphatic rings. The average molecular weight is 195 g/mol. The lowest BCUT2D eigenvalue weighted by Gasteiger charge is -2.11. The summed E-state index contributed by atoms with van der Waals surface area (Å²) in [6.45, 7) is 5.11. The standard InChI is InChI=1S/C11H17NO2/c1-8-6-9(2)11(12)10(7-8)14-5-4-13-3/h6-7H,4-5,12H2,1-3H3. The minimum Gasteiger partial charge on any atom is -0.489 e. The molecule has 0 atom stereocenters. The minimum atomic E-state index is 0.531. The van der Waals surface area contributed by atoms with E-state index in [4.69, 9.17) is 15.2 Å². The Morgan fingerprint density at radius 3 is 2.57 bits per heavy atom. The molecule has 0 spiro atoms. The van der Waals surface area contributed by atoms with E-state index < -0.39 is 0 Å². The van der Waals surface area contributed by atoms with E-state index in [0.29, 0.717) is 18.9 Å². The largest absolute Gasteiger partial charge is 0.489 e. The van der Waals surface area contributed by atoms with E-state index in [1.54, 1.807) is 7.11 Å². The summed E-state index contributed by atoms with van der Waals surface area (Å²) in [6.07, 6.45) is 0. The molecule has 1 rings (SSSR count). The lowest BCUT2D eigenvalue weighted by Crippen LogP contribution is -2.06. The molecule has 0 saturated heterocycles. The van der Waals surface area contributed by atoms with Gasteiger partial charge in [0.25, 0.3) is 0 Å². The number of hydrogen-bond donors (Lipinski definition) is 1. The molecule has 0 heterocycles. The van der Waals surface area contributed by atoms with E-state index in [9.17, 15) is 0 Å². The van der Waals surface area contributed by atoms with Crippen LogP contribution >= 0.6 is 0 Å². The third-order valence-corrected chi connectivity index (χ3v) is 2.04. The summed E-state index contributed by atoms with van der Waals surface area (Å²) in [7, 11) is 1.65. The molecule has 0 aliphatic heterocycles. The van der Waals surface area contributed by atoms with Gasteiger partial charge in [0.05, 0.1) is 12.3 Å². The molecule has 0 radical (unpaired) electrons. The Morgan fingerprint density at radius 2 is 1.93 bits per heavy atom. The van der Waals surface area contributed by atoms with Crippen molar-refractivity contribution in [3.05, 3.63) is 23.3 Å². The van der Waals surface area contributed by atoms with Gasteiger partial charge in [0.2, 0.25) is 0 Å². The van der Waals surface area contributed by atoms with Crippen molar-refractivity contribution in [3.8, 4) is 5.75 Å². The summed E-state index contributed by atoms with van der Waals surface area (Å²) < 4.78 is 10.4. The van der Waals surface area contributed by atoms with Gasteiger partial charge in [-0.2, -0.15) is 0 Å². The highest BCUT2D eigenvalue weighted by Gasteiger charge is 2.04. The predicted octanol–water partition coefficient (Wildman–Crippen LogP) is 1.91. The van der Waals surface area contributed by atoms with Crippen LogP contribution in [-0.2, 0) is 4.74 Å². The van der Waals surface area contributed by atoms with E-state index in [-0.39, 0.29) is 0 Å². The summed E-state index contributed by atoms with van der Waals surface area (Å²) in [6, 6.07) is 3.98. The normalized spacial score (nSPS) is 10.2. The summed E-state index contributed by atoms with van der Waals surface area (Å²) in [4.78, 5) is 0. The first-order chi connectivity index (χ1) is 6.65. The molecular weight excluding hydrogens is 178 g/mol. The second kappa shape index (κ2) is 4.86. The first-order valence-corrected chi connectivity index (χ1v) is 4.63. The monoisotopic (exact) mass is 195 g/mol. The Bertz CT molecular complexity index is 310. The molecule has 0 fully saturated rings. The van der Waals surface area contributed by atoms with Gasteiger partial charge in [0, 0.05) is 7.11 Å². The highest BCUT2D eigenvalue weighted by atomic mass is 16.5. The Hall–Kier alpha value is -1.22. The SMILES string of the molecule is COCCOc1cc(C)cc(C)c1N. The molecule has 78 valence electrons. The highest BCUT2D eigenvalue weighted by molar-refractivity contribution is 5.59. The number of ether oxygens (including phenoxy) is 2. The van der Waals surface area contributed by atoms with Gasteiger partial charge in [-0.1, -0.05) is 6.07 Å². The highest BCUT2D eigenvalue weighted by Crippen LogP contribution is 2.26. The fraction of sp³-hybridized carbons (Fsp3) is 0.455. The van der Waals surface area contributed by atoms with Crippen molar-refractivity contribution in [3.63, 3.8) is 0 Å². The van der Waals surface area contributed by atoms with Crippen LogP contribution in [-0.4, -0.2) is 20.3 Å². The molecule has 0 aromatic heterocycles. The molecule has 0 aliphatic carbocycles. The van der Waals surface area contributed by atoms with Gasteiger partial charge in [-0.25, -0.2) is 0 Å². The average Bonchev–Trinajstić information content (AvgIpc) is 2.13. The van der Waals surface area contributed by atoms with E-state index in [0.717, 1.165) is 16.9 Å². The number of hydrogen-bond acceptors (Lipinski definition) is 3. The fourth-order valence-corrected chi connectivity index (χ4v) is 1.29. The van der Waals surface area contributed by atoms with Crippen molar-refractivity contribution in [2.75, 3.05) is 26.1 Å². The van der Waals surface area contributed by atoms with E-state index in [1.807, 2.05) is 26.0 Å². The Kier molecular flexibility index (Phi) is 3.77. The summed E-state index contributed by atoms with van der Waals surface area (Å²) in [5.74, 6) is 0.750. The van der Waals surface area contributed by atoms with E-state index in [2.05, 4.69) is 0 Å².